The molecule has 100 valence electrons. The van der Waals surface area contributed by atoms with Crippen LogP contribution >= 0.6 is 15.9 Å². The SMILES string of the molecule is COCC(Oc1ccc2ccccc2c1Br)C(=O)O. The van der Waals surface area contributed by atoms with Gasteiger partial charge >= 0.3 is 5.97 Å². The molecule has 0 radical (unpaired) electrons. The topological polar surface area (TPSA) is 55.8 Å². The van der Waals surface area contributed by atoms with Crippen molar-refractivity contribution < 1.29 is 19.4 Å². The molecule has 0 saturated carbocycles. The fourth-order valence-electron chi connectivity index (χ4n) is 1.76. The van der Waals surface area contributed by atoms with E-state index in [9.17, 15) is 4.79 Å². The molecule has 0 saturated heterocycles. The Balaban J connectivity index is 2.34. The van der Waals surface area contributed by atoms with Gasteiger partial charge in [-0.2, -0.15) is 0 Å². The first-order chi connectivity index (χ1) is 9.13. The normalized spacial score (nSPS) is 12.3. The van der Waals surface area contributed by atoms with E-state index in [-0.39, 0.29) is 6.61 Å². The molecule has 0 fully saturated rings. The molecule has 5 heteroatoms. The van der Waals surface area contributed by atoms with Crippen molar-refractivity contribution in [2.24, 2.45) is 0 Å². The quantitative estimate of drug-likeness (QED) is 0.918. The summed E-state index contributed by atoms with van der Waals surface area (Å²) in [6, 6.07) is 11.4. The number of carbonyl (C=O) groups is 1. The molecular weight excluding hydrogens is 312 g/mol. The van der Waals surface area contributed by atoms with E-state index in [4.69, 9.17) is 14.6 Å². The highest BCUT2D eigenvalue weighted by atomic mass is 79.9. The van der Waals surface area contributed by atoms with Crippen molar-refractivity contribution in [1.82, 2.24) is 0 Å². The fourth-order valence-corrected chi connectivity index (χ4v) is 2.35. The average Bonchev–Trinajstić information content (AvgIpc) is 2.41. The van der Waals surface area contributed by atoms with Crippen LogP contribution in [0.5, 0.6) is 5.75 Å². The number of rotatable bonds is 5. The van der Waals surface area contributed by atoms with Crippen molar-refractivity contribution in [2.45, 2.75) is 6.10 Å². The Labute approximate surface area is 119 Å². The number of aliphatic carboxylic acids is 1. The van der Waals surface area contributed by atoms with E-state index in [0.717, 1.165) is 15.2 Å². The van der Waals surface area contributed by atoms with Crippen molar-refractivity contribution >= 4 is 32.7 Å². The number of carboxylic acids is 1. The molecule has 1 N–H and O–H groups in total. The average molecular weight is 325 g/mol. The van der Waals surface area contributed by atoms with Crippen LogP contribution in [-0.4, -0.2) is 30.9 Å². The van der Waals surface area contributed by atoms with E-state index in [0.29, 0.717) is 5.75 Å². The standard InChI is InChI=1S/C14H13BrO4/c1-18-8-12(14(16)17)19-11-7-6-9-4-2-3-5-10(9)13(11)15/h2-7,12H,8H2,1H3,(H,16,17). The Kier molecular flexibility index (Phi) is 4.39. The predicted octanol–water partition coefficient (Wildman–Crippen LogP) is 3.08. The van der Waals surface area contributed by atoms with Crippen LogP contribution in [0.4, 0.5) is 0 Å². The van der Waals surface area contributed by atoms with Crippen LogP contribution < -0.4 is 4.74 Å². The van der Waals surface area contributed by atoms with Crippen molar-refractivity contribution in [1.29, 1.82) is 0 Å². The largest absolute Gasteiger partial charge is 0.478 e. The van der Waals surface area contributed by atoms with Gasteiger partial charge in [-0.3, -0.25) is 0 Å². The molecule has 0 heterocycles. The summed E-state index contributed by atoms with van der Waals surface area (Å²) in [5.41, 5.74) is 0. The summed E-state index contributed by atoms with van der Waals surface area (Å²) in [6.07, 6.45) is -1.03. The van der Waals surface area contributed by atoms with Crippen LogP contribution in [0.25, 0.3) is 10.8 Å². The summed E-state index contributed by atoms with van der Waals surface area (Å²) in [6.45, 7) is -0.00536. The molecule has 19 heavy (non-hydrogen) atoms. The number of hydrogen-bond donors (Lipinski definition) is 1. The maximum atomic E-state index is 11.0. The number of methoxy groups -OCH3 is 1. The van der Waals surface area contributed by atoms with E-state index in [2.05, 4.69) is 15.9 Å². The molecule has 1 unspecified atom stereocenters. The van der Waals surface area contributed by atoms with Gasteiger partial charge in [-0.15, -0.1) is 0 Å². The summed E-state index contributed by atoms with van der Waals surface area (Å²) in [7, 11) is 1.44. The molecule has 2 rings (SSSR count). The van der Waals surface area contributed by atoms with Gasteiger partial charge in [0.2, 0.25) is 6.10 Å². The highest BCUT2D eigenvalue weighted by molar-refractivity contribution is 9.10. The Hall–Kier alpha value is -1.59. The van der Waals surface area contributed by atoms with E-state index >= 15 is 0 Å². The number of carboxylic acid groups (broad SMARTS) is 1. The minimum Gasteiger partial charge on any atom is -0.478 e. The summed E-state index contributed by atoms with van der Waals surface area (Å²) in [4.78, 5) is 11.0. The molecule has 0 aliphatic rings. The van der Waals surface area contributed by atoms with Gasteiger partial charge < -0.3 is 14.6 Å². The number of benzene rings is 2. The van der Waals surface area contributed by atoms with E-state index in [1.165, 1.54) is 7.11 Å². The van der Waals surface area contributed by atoms with Crippen LogP contribution in [0.15, 0.2) is 40.9 Å². The molecule has 0 aliphatic carbocycles. The minimum absolute atomic E-state index is 0.00536. The number of fused-ring (bicyclic) bond motifs is 1. The molecule has 2 aromatic rings. The lowest BCUT2D eigenvalue weighted by molar-refractivity contribution is -0.147. The zero-order chi connectivity index (χ0) is 13.8. The van der Waals surface area contributed by atoms with Crippen LogP contribution in [0.2, 0.25) is 0 Å². The molecule has 2 aromatic carbocycles. The van der Waals surface area contributed by atoms with Gasteiger partial charge in [0.1, 0.15) is 5.75 Å². The lowest BCUT2D eigenvalue weighted by Gasteiger charge is -2.16. The van der Waals surface area contributed by atoms with Crippen LogP contribution in [-0.2, 0) is 9.53 Å². The Bertz CT molecular complexity index is 597. The number of halogens is 1. The lowest BCUT2D eigenvalue weighted by atomic mass is 10.1. The first-order valence-corrected chi connectivity index (χ1v) is 6.48. The Morgan fingerprint density at radius 3 is 2.74 bits per heavy atom. The van der Waals surface area contributed by atoms with Crippen molar-refractivity contribution in [3.8, 4) is 5.75 Å². The maximum Gasteiger partial charge on any atom is 0.347 e. The first-order valence-electron chi connectivity index (χ1n) is 5.69. The number of hydrogen-bond acceptors (Lipinski definition) is 3. The van der Waals surface area contributed by atoms with E-state index in [1.54, 1.807) is 6.07 Å². The molecular formula is C14H13BrO4. The monoisotopic (exact) mass is 324 g/mol. The summed E-state index contributed by atoms with van der Waals surface area (Å²) < 4.78 is 11.1. The van der Waals surface area contributed by atoms with Gasteiger partial charge in [0.25, 0.3) is 0 Å². The van der Waals surface area contributed by atoms with Gasteiger partial charge in [-0.25, -0.2) is 4.79 Å². The molecule has 0 aliphatic heterocycles. The van der Waals surface area contributed by atoms with Gasteiger partial charge in [-0.1, -0.05) is 30.3 Å². The summed E-state index contributed by atoms with van der Waals surface area (Å²) in [5.74, 6) is -0.565. The highest BCUT2D eigenvalue weighted by Crippen LogP contribution is 2.33. The second kappa shape index (κ2) is 6.04. The van der Waals surface area contributed by atoms with Crippen LogP contribution in [0, 0.1) is 0 Å². The molecule has 0 bridgehead atoms. The molecule has 1 atom stereocenters. The van der Waals surface area contributed by atoms with Crippen LogP contribution in [0.1, 0.15) is 0 Å². The third-order valence-corrected chi connectivity index (χ3v) is 3.51. The van der Waals surface area contributed by atoms with Crippen molar-refractivity contribution in [3.63, 3.8) is 0 Å². The smallest absolute Gasteiger partial charge is 0.347 e. The minimum atomic E-state index is -1.05. The summed E-state index contributed by atoms with van der Waals surface area (Å²) >= 11 is 3.45. The van der Waals surface area contributed by atoms with E-state index in [1.807, 2.05) is 30.3 Å². The Morgan fingerprint density at radius 2 is 2.05 bits per heavy atom. The van der Waals surface area contributed by atoms with Crippen molar-refractivity contribution in [2.75, 3.05) is 13.7 Å². The maximum absolute atomic E-state index is 11.0. The first kappa shape index (κ1) is 13.8. The van der Waals surface area contributed by atoms with E-state index < -0.39 is 12.1 Å². The zero-order valence-corrected chi connectivity index (χ0v) is 11.9. The molecule has 0 aromatic heterocycles. The fraction of sp³-hybridized carbons (Fsp3) is 0.214. The van der Waals surface area contributed by atoms with Gasteiger partial charge in [0.15, 0.2) is 0 Å². The highest BCUT2D eigenvalue weighted by Gasteiger charge is 2.20. The lowest BCUT2D eigenvalue weighted by Crippen LogP contribution is -2.31. The molecule has 0 spiro atoms. The summed E-state index contributed by atoms with van der Waals surface area (Å²) in [5, 5.41) is 11.1. The molecule has 4 nitrogen and oxygen atoms in total. The third-order valence-electron chi connectivity index (χ3n) is 2.69. The van der Waals surface area contributed by atoms with Gasteiger partial charge in [0, 0.05) is 7.11 Å². The Morgan fingerprint density at radius 1 is 1.32 bits per heavy atom. The van der Waals surface area contributed by atoms with Crippen LogP contribution in [0.3, 0.4) is 0 Å². The second-order valence-electron chi connectivity index (χ2n) is 4.00. The second-order valence-corrected chi connectivity index (χ2v) is 4.79. The number of ether oxygens (including phenoxy) is 2. The predicted molar refractivity (Wildman–Crippen MR) is 75.6 cm³/mol. The molecule has 0 amide bonds. The third kappa shape index (κ3) is 3.05. The zero-order valence-electron chi connectivity index (χ0n) is 10.3. The van der Waals surface area contributed by atoms with Crippen molar-refractivity contribution in [3.05, 3.63) is 40.9 Å². The van der Waals surface area contributed by atoms with Gasteiger partial charge in [-0.05, 0) is 32.8 Å². The van der Waals surface area contributed by atoms with Gasteiger partial charge in [0.05, 0.1) is 11.1 Å².